The first-order valence-electron chi connectivity index (χ1n) is 11.0. The Hall–Kier alpha value is -2.38. The van der Waals surface area contributed by atoms with E-state index in [9.17, 15) is 13.2 Å². The molecular formula is C25H34N2O4S. The lowest BCUT2D eigenvalue weighted by Crippen LogP contribution is -2.43. The van der Waals surface area contributed by atoms with Gasteiger partial charge in [0, 0.05) is 32.6 Å². The monoisotopic (exact) mass is 458 g/mol. The predicted molar refractivity (Wildman–Crippen MR) is 126 cm³/mol. The third kappa shape index (κ3) is 4.84. The van der Waals surface area contributed by atoms with E-state index in [2.05, 4.69) is 0 Å². The van der Waals surface area contributed by atoms with Gasteiger partial charge >= 0.3 is 0 Å². The van der Waals surface area contributed by atoms with Gasteiger partial charge in [0.1, 0.15) is 5.75 Å². The van der Waals surface area contributed by atoms with Crippen LogP contribution < -0.4 is 4.74 Å². The van der Waals surface area contributed by atoms with E-state index in [1.165, 1.54) is 0 Å². The molecule has 1 heterocycles. The number of amides is 1. The van der Waals surface area contributed by atoms with Crippen molar-refractivity contribution < 1.29 is 17.9 Å². The highest BCUT2D eigenvalue weighted by Crippen LogP contribution is 2.31. The van der Waals surface area contributed by atoms with Gasteiger partial charge in [-0.25, -0.2) is 8.42 Å². The highest BCUT2D eigenvalue weighted by atomic mass is 32.2. The normalized spacial score (nSPS) is 15.6. The van der Waals surface area contributed by atoms with E-state index >= 15 is 0 Å². The van der Waals surface area contributed by atoms with Crippen LogP contribution in [0.15, 0.2) is 35.2 Å². The number of benzene rings is 2. The van der Waals surface area contributed by atoms with Crippen LogP contribution in [0.4, 0.5) is 0 Å². The van der Waals surface area contributed by atoms with Crippen molar-refractivity contribution in [2.45, 2.75) is 52.0 Å². The molecule has 7 heteroatoms. The van der Waals surface area contributed by atoms with Crippen LogP contribution in [-0.4, -0.2) is 50.8 Å². The summed E-state index contributed by atoms with van der Waals surface area (Å²) in [5.74, 6) is 0.688. The number of hydrogen-bond donors (Lipinski definition) is 0. The summed E-state index contributed by atoms with van der Waals surface area (Å²) in [6.07, 6.45) is 1.07. The number of aryl methyl sites for hydroxylation is 2. The summed E-state index contributed by atoms with van der Waals surface area (Å²) < 4.78 is 33.6. The van der Waals surface area contributed by atoms with Crippen LogP contribution >= 0.6 is 0 Å². The molecule has 3 rings (SSSR count). The summed E-state index contributed by atoms with van der Waals surface area (Å²) in [5, 5.41) is 0. The van der Waals surface area contributed by atoms with Crippen molar-refractivity contribution in [3.8, 4) is 5.75 Å². The van der Waals surface area contributed by atoms with Crippen molar-refractivity contribution in [2.75, 3.05) is 27.2 Å². The van der Waals surface area contributed by atoms with E-state index in [1.807, 2.05) is 58.0 Å². The van der Waals surface area contributed by atoms with Crippen molar-refractivity contribution >= 4 is 15.9 Å². The Bertz CT molecular complexity index is 1060. The van der Waals surface area contributed by atoms with Crippen molar-refractivity contribution in [3.05, 3.63) is 58.1 Å². The molecule has 6 nitrogen and oxygen atoms in total. The molecule has 0 radical (unpaired) electrons. The van der Waals surface area contributed by atoms with Crippen LogP contribution in [0.3, 0.4) is 0 Å². The second kappa shape index (κ2) is 9.63. The third-order valence-electron chi connectivity index (χ3n) is 6.65. The summed E-state index contributed by atoms with van der Waals surface area (Å²) in [7, 11) is -0.168. The van der Waals surface area contributed by atoms with E-state index in [0.717, 1.165) is 33.6 Å². The molecule has 0 saturated carbocycles. The molecule has 0 atom stereocenters. The van der Waals surface area contributed by atoms with Gasteiger partial charge in [0.05, 0.1) is 12.0 Å². The van der Waals surface area contributed by atoms with Gasteiger partial charge < -0.3 is 9.64 Å². The lowest BCUT2D eigenvalue weighted by Gasteiger charge is -2.33. The highest BCUT2D eigenvalue weighted by Gasteiger charge is 2.35. The summed E-state index contributed by atoms with van der Waals surface area (Å²) in [4.78, 5) is 15.1. The van der Waals surface area contributed by atoms with E-state index < -0.39 is 10.0 Å². The third-order valence-corrected chi connectivity index (χ3v) is 8.83. The van der Waals surface area contributed by atoms with Gasteiger partial charge in [-0.3, -0.25) is 4.79 Å². The minimum absolute atomic E-state index is 0.0663. The maximum absolute atomic E-state index is 13.5. The molecule has 0 aliphatic carbocycles. The zero-order valence-corrected chi connectivity index (χ0v) is 20.8. The number of ether oxygens (including phenoxy) is 1. The second-order valence-electron chi connectivity index (χ2n) is 8.81. The molecule has 174 valence electrons. The number of carbonyl (C=O) groups excluding carboxylic acids is 1. The molecule has 1 aliphatic heterocycles. The van der Waals surface area contributed by atoms with Crippen molar-refractivity contribution in [3.63, 3.8) is 0 Å². The van der Waals surface area contributed by atoms with Gasteiger partial charge in [0.2, 0.25) is 15.9 Å². The summed E-state index contributed by atoms with van der Waals surface area (Å²) >= 11 is 0. The summed E-state index contributed by atoms with van der Waals surface area (Å²) in [5.41, 5.74) is 4.62. The van der Waals surface area contributed by atoms with E-state index in [4.69, 9.17) is 4.74 Å². The number of sulfonamides is 1. The van der Waals surface area contributed by atoms with E-state index in [-0.39, 0.29) is 11.8 Å². The molecule has 0 bridgehead atoms. The maximum Gasteiger partial charge on any atom is 0.243 e. The summed E-state index contributed by atoms with van der Waals surface area (Å²) in [6.45, 7) is 8.89. The maximum atomic E-state index is 13.5. The van der Waals surface area contributed by atoms with Gasteiger partial charge in [-0.05, 0) is 80.5 Å². The van der Waals surface area contributed by atoms with Gasteiger partial charge in [-0.2, -0.15) is 4.31 Å². The molecule has 1 amide bonds. The molecular weight excluding hydrogens is 424 g/mol. The first-order valence-corrected chi connectivity index (χ1v) is 12.5. The number of methoxy groups -OCH3 is 1. The number of rotatable bonds is 6. The molecule has 1 saturated heterocycles. The standard InChI is InChI=1S/C25H34N2O4S/c1-17-15-18(2)20(4)24(19(17)3)32(29,30)27-13-11-22(12-14-27)25(28)26(5)16-21-7-9-23(31-6)10-8-21/h7-10,15,22H,11-14,16H2,1-6H3. The molecule has 0 spiro atoms. The lowest BCUT2D eigenvalue weighted by molar-refractivity contribution is -0.135. The molecule has 2 aromatic rings. The van der Waals surface area contributed by atoms with Crippen LogP contribution in [-0.2, 0) is 21.4 Å². The number of hydrogen-bond acceptors (Lipinski definition) is 4. The Labute approximate surface area is 192 Å². The van der Waals surface area contributed by atoms with Crippen LogP contribution in [0.1, 0.15) is 40.7 Å². The van der Waals surface area contributed by atoms with Crippen LogP contribution in [0.2, 0.25) is 0 Å². The Morgan fingerprint density at radius 3 is 2.06 bits per heavy atom. The predicted octanol–water partition coefficient (Wildman–Crippen LogP) is 3.99. The molecule has 0 aromatic heterocycles. The average Bonchev–Trinajstić information content (AvgIpc) is 2.78. The van der Waals surface area contributed by atoms with Crippen molar-refractivity contribution in [1.82, 2.24) is 9.21 Å². The quantitative estimate of drug-likeness (QED) is 0.657. The molecule has 0 unspecified atom stereocenters. The Kier molecular flexibility index (Phi) is 7.30. The van der Waals surface area contributed by atoms with Gasteiger partial charge in [0.25, 0.3) is 0 Å². The lowest BCUT2D eigenvalue weighted by atomic mass is 9.96. The van der Waals surface area contributed by atoms with E-state index in [0.29, 0.717) is 37.4 Å². The first-order chi connectivity index (χ1) is 15.1. The zero-order chi connectivity index (χ0) is 23.6. The zero-order valence-electron chi connectivity index (χ0n) is 19.9. The SMILES string of the molecule is COc1ccc(CN(C)C(=O)C2CCN(S(=O)(=O)c3c(C)c(C)cc(C)c3C)CC2)cc1. The van der Waals surface area contributed by atoms with Gasteiger partial charge in [0.15, 0.2) is 0 Å². The minimum atomic E-state index is -3.60. The molecule has 1 fully saturated rings. The fraction of sp³-hybridized carbons (Fsp3) is 0.480. The highest BCUT2D eigenvalue weighted by molar-refractivity contribution is 7.89. The number of piperidine rings is 1. The Morgan fingerprint density at radius 2 is 1.56 bits per heavy atom. The second-order valence-corrected chi connectivity index (χ2v) is 10.7. The summed E-state index contributed by atoms with van der Waals surface area (Å²) in [6, 6.07) is 9.70. The van der Waals surface area contributed by atoms with Crippen LogP contribution in [0.25, 0.3) is 0 Å². The Morgan fingerprint density at radius 1 is 1.03 bits per heavy atom. The minimum Gasteiger partial charge on any atom is -0.497 e. The molecule has 1 aliphatic rings. The molecule has 32 heavy (non-hydrogen) atoms. The largest absolute Gasteiger partial charge is 0.497 e. The average molecular weight is 459 g/mol. The number of carbonyl (C=O) groups is 1. The van der Waals surface area contributed by atoms with E-state index in [1.54, 1.807) is 23.4 Å². The first kappa shape index (κ1) is 24.3. The molecule has 2 aromatic carbocycles. The fourth-order valence-electron chi connectivity index (χ4n) is 4.43. The number of nitrogens with zero attached hydrogens (tertiary/aromatic N) is 2. The Balaban J connectivity index is 1.67. The van der Waals surface area contributed by atoms with Crippen molar-refractivity contribution in [1.29, 1.82) is 0 Å². The fourth-order valence-corrected chi connectivity index (χ4v) is 6.48. The van der Waals surface area contributed by atoms with Gasteiger partial charge in [-0.1, -0.05) is 18.2 Å². The van der Waals surface area contributed by atoms with Gasteiger partial charge in [-0.15, -0.1) is 0 Å². The van der Waals surface area contributed by atoms with Crippen LogP contribution in [0.5, 0.6) is 5.75 Å². The smallest absolute Gasteiger partial charge is 0.243 e. The van der Waals surface area contributed by atoms with Crippen LogP contribution in [0, 0.1) is 33.6 Å². The van der Waals surface area contributed by atoms with Crippen molar-refractivity contribution in [2.24, 2.45) is 5.92 Å². The topological polar surface area (TPSA) is 66.9 Å². The molecule has 0 N–H and O–H groups in total.